The Morgan fingerprint density at radius 3 is 2.29 bits per heavy atom. The molecule has 0 aliphatic heterocycles. The lowest BCUT2D eigenvalue weighted by atomic mass is 10.0. The van der Waals surface area contributed by atoms with E-state index in [1.807, 2.05) is 54.6 Å². The van der Waals surface area contributed by atoms with Gasteiger partial charge in [0.1, 0.15) is 0 Å². The van der Waals surface area contributed by atoms with Crippen molar-refractivity contribution < 1.29 is 9.59 Å². The van der Waals surface area contributed by atoms with Crippen LogP contribution in [0.3, 0.4) is 0 Å². The minimum absolute atomic E-state index is 0.115. The van der Waals surface area contributed by atoms with Crippen molar-refractivity contribution >= 4 is 28.3 Å². The summed E-state index contributed by atoms with van der Waals surface area (Å²) in [6, 6.07) is 31.1. The molecule has 0 heterocycles. The number of nitrogens with one attached hydrogen (secondary N) is 2. The van der Waals surface area contributed by atoms with Crippen molar-refractivity contribution in [2.75, 3.05) is 5.32 Å². The number of fused-ring (bicyclic) bond motifs is 1. The Morgan fingerprint density at radius 2 is 1.42 bits per heavy atom. The molecule has 0 aliphatic carbocycles. The summed E-state index contributed by atoms with van der Waals surface area (Å²) in [5, 5.41) is 8.16. The smallest absolute Gasteiger partial charge is 0.253 e. The summed E-state index contributed by atoms with van der Waals surface area (Å²) in [4.78, 5) is 25.3. The van der Waals surface area contributed by atoms with E-state index >= 15 is 0 Å². The van der Waals surface area contributed by atoms with E-state index in [1.54, 1.807) is 18.2 Å². The molecule has 4 nitrogen and oxygen atoms in total. The molecule has 4 aromatic rings. The SMILES string of the molecule is O=C(CCc1cccc2ccccc12)Nc1ccccc1C(=O)NCc1ccccc1. The van der Waals surface area contributed by atoms with Gasteiger partial charge in [0.2, 0.25) is 5.91 Å². The van der Waals surface area contributed by atoms with Crippen LogP contribution in [0.25, 0.3) is 10.8 Å². The van der Waals surface area contributed by atoms with Crippen LogP contribution in [0.5, 0.6) is 0 Å². The van der Waals surface area contributed by atoms with E-state index in [4.69, 9.17) is 0 Å². The molecule has 4 rings (SSSR count). The lowest BCUT2D eigenvalue weighted by molar-refractivity contribution is -0.116. The number of anilines is 1. The normalized spacial score (nSPS) is 10.6. The van der Waals surface area contributed by atoms with Gasteiger partial charge < -0.3 is 10.6 Å². The Balaban J connectivity index is 1.40. The van der Waals surface area contributed by atoms with Gasteiger partial charge in [0.25, 0.3) is 5.91 Å². The molecule has 4 aromatic carbocycles. The highest BCUT2D eigenvalue weighted by atomic mass is 16.2. The number of carbonyl (C=O) groups is 2. The fourth-order valence-electron chi connectivity index (χ4n) is 3.63. The average molecular weight is 409 g/mol. The maximum atomic E-state index is 12.7. The van der Waals surface area contributed by atoms with E-state index in [1.165, 1.54) is 10.8 Å². The Labute approximate surface area is 181 Å². The van der Waals surface area contributed by atoms with Gasteiger partial charge in [0.05, 0.1) is 11.3 Å². The van der Waals surface area contributed by atoms with E-state index in [9.17, 15) is 9.59 Å². The zero-order valence-corrected chi connectivity index (χ0v) is 17.2. The largest absolute Gasteiger partial charge is 0.348 e. The van der Waals surface area contributed by atoms with E-state index in [-0.39, 0.29) is 11.8 Å². The summed E-state index contributed by atoms with van der Waals surface area (Å²) in [6.45, 7) is 0.434. The summed E-state index contributed by atoms with van der Waals surface area (Å²) in [5.74, 6) is -0.329. The number of aryl methyl sites for hydroxylation is 1. The van der Waals surface area contributed by atoms with Gasteiger partial charge in [0, 0.05) is 13.0 Å². The summed E-state index contributed by atoms with van der Waals surface area (Å²) < 4.78 is 0. The Morgan fingerprint density at radius 1 is 0.710 bits per heavy atom. The van der Waals surface area contributed by atoms with Crippen LogP contribution in [0.1, 0.15) is 27.9 Å². The molecule has 0 aromatic heterocycles. The van der Waals surface area contributed by atoms with Gasteiger partial charge in [-0.2, -0.15) is 0 Å². The first-order valence-corrected chi connectivity index (χ1v) is 10.4. The van der Waals surface area contributed by atoms with Crippen molar-refractivity contribution in [2.45, 2.75) is 19.4 Å². The molecule has 2 N–H and O–H groups in total. The van der Waals surface area contributed by atoms with Gasteiger partial charge in [0.15, 0.2) is 0 Å². The monoisotopic (exact) mass is 408 g/mol. The summed E-state index contributed by atoms with van der Waals surface area (Å²) in [6.07, 6.45) is 0.976. The second kappa shape index (κ2) is 9.72. The first kappa shape index (κ1) is 20.4. The fraction of sp³-hybridized carbons (Fsp3) is 0.111. The van der Waals surface area contributed by atoms with Crippen LogP contribution < -0.4 is 10.6 Å². The van der Waals surface area contributed by atoms with Crippen molar-refractivity contribution in [3.63, 3.8) is 0 Å². The third kappa shape index (κ3) is 5.17. The second-order valence-electron chi connectivity index (χ2n) is 7.40. The second-order valence-corrected chi connectivity index (χ2v) is 7.40. The van der Waals surface area contributed by atoms with Gasteiger partial charge in [-0.3, -0.25) is 9.59 Å². The van der Waals surface area contributed by atoms with Crippen LogP contribution in [-0.2, 0) is 17.8 Å². The molecule has 0 spiro atoms. The maximum absolute atomic E-state index is 12.7. The number of para-hydroxylation sites is 1. The Bertz CT molecular complexity index is 1200. The van der Waals surface area contributed by atoms with Crippen LogP contribution >= 0.6 is 0 Å². The van der Waals surface area contributed by atoms with Crippen LogP contribution in [0.4, 0.5) is 5.69 Å². The van der Waals surface area contributed by atoms with Gasteiger partial charge in [-0.25, -0.2) is 0 Å². The first-order valence-electron chi connectivity index (χ1n) is 10.4. The predicted octanol–water partition coefficient (Wildman–Crippen LogP) is 5.34. The molecule has 154 valence electrons. The quantitative estimate of drug-likeness (QED) is 0.434. The third-order valence-corrected chi connectivity index (χ3v) is 5.24. The number of carbonyl (C=O) groups excluding carboxylic acids is 2. The number of hydrogen-bond donors (Lipinski definition) is 2. The number of rotatable bonds is 7. The van der Waals surface area contributed by atoms with Gasteiger partial charge >= 0.3 is 0 Å². The standard InChI is InChI=1S/C27H24N2O2/c30-26(18-17-22-13-8-12-21-11-4-5-14-23(21)22)29-25-16-7-6-15-24(25)27(31)28-19-20-9-2-1-3-10-20/h1-16H,17-19H2,(H,28,31)(H,29,30). The summed E-state index contributed by atoms with van der Waals surface area (Å²) in [5.41, 5.74) is 3.14. The molecule has 31 heavy (non-hydrogen) atoms. The Hall–Kier alpha value is -3.92. The molecular formula is C27H24N2O2. The maximum Gasteiger partial charge on any atom is 0.253 e. The molecule has 0 saturated heterocycles. The number of hydrogen-bond acceptors (Lipinski definition) is 2. The fourth-order valence-corrected chi connectivity index (χ4v) is 3.63. The van der Waals surface area contributed by atoms with E-state index < -0.39 is 0 Å². The van der Waals surface area contributed by atoms with Crippen molar-refractivity contribution in [1.82, 2.24) is 5.32 Å². The zero-order valence-electron chi connectivity index (χ0n) is 17.2. The van der Waals surface area contributed by atoms with Crippen molar-refractivity contribution in [1.29, 1.82) is 0 Å². The molecule has 0 fully saturated rings. The molecule has 0 radical (unpaired) electrons. The highest BCUT2D eigenvalue weighted by Gasteiger charge is 2.13. The van der Waals surface area contributed by atoms with E-state index in [2.05, 4.69) is 34.9 Å². The highest BCUT2D eigenvalue weighted by molar-refractivity contribution is 6.03. The number of amides is 2. The van der Waals surface area contributed by atoms with Crippen molar-refractivity contribution in [3.05, 3.63) is 114 Å². The van der Waals surface area contributed by atoms with Crippen LogP contribution in [0.2, 0.25) is 0 Å². The third-order valence-electron chi connectivity index (χ3n) is 5.24. The highest BCUT2D eigenvalue weighted by Crippen LogP contribution is 2.21. The zero-order chi connectivity index (χ0) is 21.5. The van der Waals surface area contributed by atoms with Gasteiger partial charge in [-0.05, 0) is 40.5 Å². The minimum atomic E-state index is -0.214. The minimum Gasteiger partial charge on any atom is -0.348 e. The summed E-state index contributed by atoms with van der Waals surface area (Å²) >= 11 is 0. The molecule has 0 bridgehead atoms. The van der Waals surface area contributed by atoms with E-state index in [0.717, 1.165) is 11.1 Å². The molecule has 0 atom stereocenters. The van der Waals surface area contributed by atoms with Gasteiger partial charge in [-0.1, -0.05) is 84.9 Å². The lowest BCUT2D eigenvalue weighted by Gasteiger charge is -2.12. The topological polar surface area (TPSA) is 58.2 Å². The molecular weight excluding hydrogens is 384 g/mol. The van der Waals surface area contributed by atoms with Crippen molar-refractivity contribution in [3.8, 4) is 0 Å². The molecule has 0 aliphatic rings. The summed E-state index contributed by atoms with van der Waals surface area (Å²) in [7, 11) is 0. The van der Waals surface area contributed by atoms with Crippen LogP contribution in [0, 0.1) is 0 Å². The Kier molecular flexibility index (Phi) is 6.38. The molecule has 4 heteroatoms. The first-order chi connectivity index (χ1) is 15.2. The molecule has 0 saturated carbocycles. The molecule has 2 amide bonds. The molecule has 0 unspecified atom stereocenters. The average Bonchev–Trinajstić information content (AvgIpc) is 2.82. The van der Waals surface area contributed by atoms with Crippen LogP contribution in [0.15, 0.2) is 97.1 Å². The van der Waals surface area contributed by atoms with Gasteiger partial charge in [-0.15, -0.1) is 0 Å². The van der Waals surface area contributed by atoms with Crippen LogP contribution in [-0.4, -0.2) is 11.8 Å². The number of benzene rings is 4. The predicted molar refractivity (Wildman–Crippen MR) is 125 cm³/mol. The van der Waals surface area contributed by atoms with Crippen molar-refractivity contribution in [2.24, 2.45) is 0 Å². The van der Waals surface area contributed by atoms with E-state index in [0.29, 0.717) is 30.6 Å². The lowest BCUT2D eigenvalue weighted by Crippen LogP contribution is -2.24.